The fraction of sp³-hybridized carbons (Fsp3) is 0.467. The van der Waals surface area contributed by atoms with Gasteiger partial charge in [-0.15, -0.1) is 0 Å². The molecule has 2 fully saturated rings. The predicted molar refractivity (Wildman–Crippen MR) is 151 cm³/mol. The number of hydrogen-bond donors (Lipinski definition) is 1. The summed E-state index contributed by atoms with van der Waals surface area (Å²) >= 11 is 12.2. The first-order valence-electron chi connectivity index (χ1n) is 13.1. The number of piperidine rings is 1. The van der Waals surface area contributed by atoms with Gasteiger partial charge in [-0.3, -0.25) is 9.59 Å². The van der Waals surface area contributed by atoms with E-state index in [1.807, 2.05) is 24.3 Å². The summed E-state index contributed by atoms with van der Waals surface area (Å²) in [5.74, 6) is 0.117. The van der Waals surface area contributed by atoms with Crippen LogP contribution < -0.4 is 10.1 Å². The van der Waals surface area contributed by atoms with E-state index in [9.17, 15) is 9.59 Å². The molecule has 1 aliphatic heterocycles. The lowest BCUT2D eigenvalue weighted by atomic mass is 9.54. The zero-order chi connectivity index (χ0) is 27.6. The molecule has 1 aliphatic carbocycles. The second-order valence-corrected chi connectivity index (χ2v) is 11.9. The van der Waals surface area contributed by atoms with Crippen LogP contribution in [0.2, 0.25) is 10.0 Å². The standard InChI is InChI=1S/C30H36Cl2N2O4/c1-5-14-34(3)15-13-29(23-7-6-8-25(18-23)38-21(2)35)19-24(11-12-30(29,20-34)37-4)33-28(36)17-22-9-10-26(31)27(32)16-22/h5-10,16,18,24H,1,11-15,17,19-20H2,2-4H3/p+1/t24-,29+,30?,34+/m1/s1. The molecule has 4 rings (SSSR count). The quantitative estimate of drug-likeness (QED) is 0.201. The molecule has 1 saturated carbocycles. The molecule has 4 atom stereocenters. The van der Waals surface area contributed by atoms with Crippen molar-refractivity contribution in [2.45, 2.75) is 56.1 Å². The van der Waals surface area contributed by atoms with E-state index in [0.29, 0.717) is 15.8 Å². The number of benzene rings is 2. The lowest BCUT2D eigenvalue weighted by Gasteiger charge is -2.61. The molecule has 8 heteroatoms. The number of quaternary nitrogens is 1. The SMILES string of the molecule is C=CC[N@@+]1(C)CC[C@@]2(c3cccc(OC(C)=O)c3)C[C@H](NC(=O)Cc3ccc(Cl)c(Cl)c3)CCC2(OC)C1. The Morgan fingerprint density at radius 2 is 1.97 bits per heavy atom. The van der Waals surface area contributed by atoms with Crippen molar-refractivity contribution in [3.05, 3.63) is 76.3 Å². The van der Waals surface area contributed by atoms with E-state index >= 15 is 0 Å². The molecular weight excluding hydrogens is 523 g/mol. The van der Waals surface area contributed by atoms with Crippen LogP contribution in [0.1, 0.15) is 43.7 Å². The molecule has 1 heterocycles. The topological polar surface area (TPSA) is 64.6 Å². The Hall–Kier alpha value is -2.38. The Labute approximate surface area is 235 Å². The third-order valence-corrected chi connectivity index (χ3v) is 9.14. The van der Waals surface area contributed by atoms with Crippen LogP contribution in [0.5, 0.6) is 5.75 Å². The highest BCUT2D eigenvalue weighted by Crippen LogP contribution is 2.54. The number of amides is 1. The van der Waals surface area contributed by atoms with Gasteiger partial charge in [0.15, 0.2) is 0 Å². The second kappa shape index (κ2) is 11.4. The third-order valence-electron chi connectivity index (χ3n) is 8.40. The monoisotopic (exact) mass is 559 g/mol. The van der Waals surface area contributed by atoms with Crippen molar-refractivity contribution in [3.8, 4) is 5.75 Å². The summed E-state index contributed by atoms with van der Waals surface area (Å²) in [6, 6.07) is 13.1. The van der Waals surface area contributed by atoms with Crippen LogP contribution in [0.25, 0.3) is 0 Å². The minimum atomic E-state index is -0.442. The lowest BCUT2D eigenvalue weighted by Crippen LogP contribution is -2.72. The number of carbonyl (C=O) groups is 2. The fourth-order valence-corrected chi connectivity index (χ4v) is 7.01. The molecule has 2 aromatic carbocycles. The number of nitrogens with one attached hydrogen (secondary N) is 1. The summed E-state index contributed by atoms with van der Waals surface area (Å²) in [7, 11) is 4.06. The maximum atomic E-state index is 13.1. The molecule has 0 aromatic heterocycles. The van der Waals surface area contributed by atoms with Gasteiger partial charge in [0.1, 0.15) is 17.9 Å². The van der Waals surface area contributed by atoms with Crippen LogP contribution in [0.15, 0.2) is 55.1 Å². The van der Waals surface area contributed by atoms with Crippen LogP contribution in [0.3, 0.4) is 0 Å². The molecule has 38 heavy (non-hydrogen) atoms. The van der Waals surface area contributed by atoms with Crippen LogP contribution in [-0.4, -0.2) is 61.8 Å². The van der Waals surface area contributed by atoms with E-state index in [0.717, 1.165) is 60.9 Å². The normalized spacial score (nSPS) is 28.7. The number of fused-ring (bicyclic) bond motifs is 1. The number of likely N-dealkylation sites (tertiary alicyclic amines) is 1. The average Bonchev–Trinajstić information content (AvgIpc) is 2.86. The van der Waals surface area contributed by atoms with Gasteiger partial charge in [0.05, 0.1) is 36.6 Å². The molecule has 204 valence electrons. The Bertz CT molecular complexity index is 1220. The second-order valence-electron chi connectivity index (χ2n) is 11.1. The number of methoxy groups -OCH3 is 1. The zero-order valence-electron chi connectivity index (χ0n) is 22.4. The number of hydrogen-bond acceptors (Lipinski definition) is 4. The molecule has 0 radical (unpaired) electrons. The summed E-state index contributed by atoms with van der Waals surface area (Å²) in [4.78, 5) is 24.8. The van der Waals surface area contributed by atoms with Gasteiger partial charge in [-0.2, -0.15) is 0 Å². The van der Waals surface area contributed by atoms with Gasteiger partial charge in [0, 0.05) is 31.9 Å². The van der Waals surface area contributed by atoms with E-state index in [2.05, 4.69) is 25.0 Å². The van der Waals surface area contributed by atoms with Crippen molar-refractivity contribution in [1.29, 1.82) is 0 Å². The van der Waals surface area contributed by atoms with Gasteiger partial charge in [0.2, 0.25) is 5.91 Å². The Morgan fingerprint density at radius 3 is 2.66 bits per heavy atom. The van der Waals surface area contributed by atoms with Crippen LogP contribution in [0, 0.1) is 0 Å². The first-order valence-corrected chi connectivity index (χ1v) is 13.8. The molecule has 1 unspecified atom stereocenters. The first-order chi connectivity index (χ1) is 18.0. The van der Waals surface area contributed by atoms with E-state index in [-0.39, 0.29) is 29.8 Å². The van der Waals surface area contributed by atoms with Crippen LogP contribution in [0.4, 0.5) is 0 Å². The van der Waals surface area contributed by atoms with E-state index < -0.39 is 5.60 Å². The maximum Gasteiger partial charge on any atom is 0.308 e. The maximum absolute atomic E-state index is 13.1. The van der Waals surface area contributed by atoms with Gasteiger partial charge in [-0.05, 0) is 60.7 Å². The van der Waals surface area contributed by atoms with Crippen molar-refractivity contribution in [2.75, 3.05) is 33.8 Å². The Morgan fingerprint density at radius 1 is 1.18 bits per heavy atom. The summed E-state index contributed by atoms with van der Waals surface area (Å²) in [6.07, 6.45) is 5.41. The van der Waals surface area contributed by atoms with Gasteiger partial charge in [-0.1, -0.05) is 48.0 Å². The fourth-order valence-electron chi connectivity index (χ4n) is 6.69. The molecule has 6 nitrogen and oxygen atoms in total. The van der Waals surface area contributed by atoms with Gasteiger partial charge < -0.3 is 19.3 Å². The average molecular weight is 561 g/mol. The highest BCUT2D eigenvalue weighted by atomic mass is 35.5. The molecule has 0 bridgehead atoms. The van der Waals surface area contributed by atoms with Crippen molar-refractivity contribution >= 4 is 35.1 Å². The molecule has 2 aliphatic rings. The largest absolute Gasteiger partial charge is 0.427 e. The van der Waals surface area contributed by atoms with Crippen LogP contribution in [-0.2, 0) is 26.2 Å². The number of carbonyl (C=O) groups excluding carboxylic acids is 2. The number of rotatable bonds is 8. The minimum Gasteiger partial charge on any atom is -0.427 e. The van der Waals surface area contributed by atoms with E-state index in [1.165, 1.54) is 6.92 Å². The van der Waals surface area contributed by atoms with Crippen molar-refractivity contribution in [2.24, 2.45) is 0 Å². The van der Waals surface area contributed by atoms with Crippen molar-refractivity contribution < 1.29 is 23.5 Å². The first kappa shape index (κ1) is 28.6. The molecule has 1 amide bonds. The lowest BCUT2D eigenvalue weighted by molar-refractivity contribution is -0.918. The summed E-state index contributed by atoms with van der Waals surface area (Å²) in [5.41, 5.74) is 1.09. The van der Waals surface area contributed by atoms with Gasteiger partial charge in [-0.25, -0.2) is 0 Å². The number of nitrogens with zero attached hydrogens (tertiary/aromatic N) is 1. The smallest absolute Gasteiger partial charge is 0.308 e. The number of esters is 1. The van der Waals surface area contributed by atoms with E-state index in [1.54, 1.807) is 25.3 Å². The molecular formula is C30H37Cl2N2O4+. The summed E-state index contributed by atoms with van der Waals surface area (Å²) < 4.78 is 12.8. The molecule has 1 saturated heterocycles. The minimum absolute atomic E-state index is 0.0258. The Balaban J connectivity index is 1.65. The summed E-state index contributed by atoms with van der Waals surface area (Å²) in [6.45, 7) is 8.03. The Kier molecular flexibility index (Phi) is 8.58. The highest BCUT2D eigenvalue weighted by Gasteiger charge is 2.62. The van der Waals surface area contributed by atoms with Gasteiger partial charge in [0.25, 0.3) is 0 Å². The molecule has 1 N–H and O–H groups in total. The third kappa shape index (κ3) is 5.79. The van der Waals surface area contributed by atoms with Crippen molar-refractivity contribution in [3.63, 3.8) is 0 Å². The van der Waals surface area contributed by atoms with Crippen molar-refractivity contribution in [1.82, 2.24) is 5.32 Å². The number of ether oxygens (including phenoxy) is 2. The zero-order valence-corrected chi connectivity index (χ0v) is 23.9. The predicted octanol–water partition coefficient (Wildman–Crippen LogP) is 5.49. The molecule has 0 spiro atoms. The molecule has 2 aromatic rings. The number of likely N-dealkylation sites (N-methyl/N-ethyl adjacent to an activating group) is 1. The van der Waals surface area contributed by atoms with E-state index in [4.69, 9.17) is 32.7 Å². The van der Waals surface area contributed by atoms with Crippen LogP contribution >= 0.6 is 23.2 Å². The number of halogens is 2. The van der Waals surface area contributed by atoms with Gasteiger partial charge >= 0.3 is 5.97 Å². The highest BCUT2D eigenvalue weighted by molar-refractivity contribution is 6.42. The summed E-state index contributed by atoms with van der Waals surface area (Å²) in [5, 5.41) is 4.19.